The monoisotopic (exact) mass is 222 g/mol. The quantitative estimate of drug-likeness (QED) is 0.713. The van der Waals surface area contributed by atoms with Crippen molar-refractivity contribution in [3.8, 4) is 0 Å². The first-order valence-corrected chi connectivity index (χ1v) is 6.05. The molecule has 0 spiro atoms. The van der Waals surface area contributed by atoms with Gasteiger partial charge in [-0.15, -0.1) is 0 Å². The smallest absolute Gasteiger partial charge is 0.0322 e. The van der Waals surface area contributed by atoms with Crippen LogP contribution in [0.5, 0.6) is 0 Å². The summed E-state index contributed by atoms with van der Waals surface area (Å²) >= 11 is 4.57. The van der Waals surface area contributed by atoms with Gasteiger partial charge in [-0.3, -0.25) is 0 Å². The van der Waals surface area contributed by atoms with Crippen LogP contribution in [0.2, 0.25) is 0 Å². The van der Waals surface area contributed by atoms with E-state index < -0.39 is 0 Å². The predicted molar refractivity (Wildman–Crippen MR) is 71.8 cm³/mol. The Hall–Kier alpha value is -0.430. The molecular formula is C14H22S. The van der Waals surface area contributed by atoms with Gasteiger partial charge in [0.15, 0.2) is 0 Å². The number of rotatable bonds is 3. The van der Waals surface area contributed by atoms with Crippen molar-refractivity contribution in [2.75, 3.05) is 0 Å². The van der Waals surface area contributed by atoms with Crippen molar-refractivity contribution in [3.63, 3.8) is 0 Å². The lowest BCUT2D eigenvalue weighted by atomic mass is 9.81. The molecule has 0 heterocycles. The summed E-state index contributed by atoms with van der Waals surface area (Å²) in [7, 11) is 0. The fourth-order valence-corrected chi connectivity index (χ4v) is 1.68. The van der Waals surface area contributed by atoms with Crippen LogP contribution in [-0.2, 0) is 10.2 Å². The average Bonchev–Trinajstić information content (AvgIpc) is 2.17. The summed E-state index contributed by atoms with van der Waals surface area (Å²) < 4.78 is -0.0467. The summed E-state index contributed by atoms with van der Waals surface area (Å²) in [6.45, 7) is 11.0. The zero-order valence-electron chi connectivity index (χ0n) is 10.5. The number of benzene rings is 1. The molecule has 0 aliphatic rings. The van der Waals surface area contributed by atoms with E-state index >= 15 is 0 Å². The molecule has 0 atom stereocenters. The van der Waals surface area contributed by atoms with E-state index in [-0.39, 0.29) is 10.2 Å². The number of hydrogen-bond acceptors (Lipinski definition) is 1. The lowest BCUT2D eigenvalue weighted by Crippen LogP contribution is -2.16. The average molecular weight is 222 g/mol. The Kier molecular flexibility index (Phi) is 3.55. The van der Waals surface area contributed by atoms with Gasteiger partial charge >= 0.3 is 0 Å². The Morgan fingerprint density at radius 3 is 1.67 bits per heavy atom. The van der Waals surface area contributed by atoms with Gasteiger partial charge in [0.2, 0.25) is 0 Å². The Labute approximate surface area is 99.5 Å². The SMILES string of the molecule is CCC(C)(C)c1ccc(C(C)(C)S)cc1. The predicted octanol–water partition coefficient (Wildman–Crippen LogP) is 4.54. The van der Waals surface area contributed by atoms with E-state index in [1.807, 2.05) is 0 Å². The first kappa shape index (κ1) is 12.6. The second-order valence-corrected chi connectivity index (χ2v) is 6.49. The van der Waals surface area contributed by atoms with E-state index in [0.717, 1.165) is 6.42 Å². The summed E-state index contributed by atoms with van der Waals surface area (Å²) in [5.41, 5.74) is 2.96. The first-order chi connectivity index (χ1) is 6.77. The highest BCUT2D eigenvalue weighted by Crippen LogP contribution is 2.31. The van der Waals surface area contributed by atoms with E-state index in [1.165, 1.54) is 11.1 Å². The van der Waals surface area contributed by atoms with Crippen LogP contribution in [0.3, 0.4) is 0 Å². The Morgan fingerprint density at radius 2 is 1.33 bits per heavy atom. The molecule has 0 bridgehead atoms. The fourth-order valence-electron chi connectivity index (χ4n) is 1.53. The van der Waals surface area contributed by atoms with E-state index in [1.54, 1.807) is 0 Å². The molecule has 0 saturated heterocycles. The molecule has 0 radical (unpaired) electrons. The molecule has 0 amide bonds. The molecule has 1 rings (SSSR count). The zero-order chi connectivity index (χ0) is 11.7. The van der Waals surface area contributed by atoms with Gasteiger partial charge < -0.3 is 0 Å². The highest BCUT2D eigenvalue weighted by molar-refractivity contribution is 7.81. The van der Waals surface area contributed by atoms with Gasteiger partial charge in [-0.25, -0.2) is 0 Å². The van der Waals surface area contributed by atoms with E-state index in [0.29, 0.717) is 0 Å². The lowest BCUT2D eigenvalue weighted by molar-refractivity contribution is 0.506. The summed E-state index contributed by atoms with van der Waals surface area (Å²) in [6, 6.07) is 8.85. The molecule has 15 heavy (non-hydrogen) atoms. The fraction of sp³-hybridized carbons (Fsp3) is 0.571. The normalized spacial score (nSPS) is 12.9. The van der Waals surface area contributed by atoms with Crippen molar-refractivity contribution < 1.29 is 0 Å². The molecule has 0 fully saturated rings. The molecule has 0 nitrogen and oxygen atoms in total. The Bertz CT molecular complexity index is 314. The summed E-state index contributed by atoms with van der Waals surface area (Å²) in [5.74, 6) is 0. The van der Waals surface area contributed by atoms with Crippen LogP contribution in [0.4, 0.5) is 0 Å². The number of hydrogen-bond donors (Lipinski definition) is 1. The van der Waals surface area contributed by atoms with Crippen molar-refractivity contribution in [1.82, 2.24) is 0 Å². The topological polar surface area (TPSA) is 0 Å². The van der Waals surface area contributed by atoms with Crippen molar-refractivity contribution in [3.05, 3.63) is 35.4 Å². The lowest BCUT2D eigenvalue weighted by Gasteiger charge is -2.25. The maximum Gasteiger partial charge on any atom is 0.0322 e. The van der Waals surface area contributed by atoms with Crippen LogP contribution < -0.4 is 0 Å². The summed E-state index contributed by atoms with van der Waals surface area (Å²) in [4.78, 5) is 0. The summed E-state index contributed by atoms with van der Waals surface area (Å²) in [6.07, 6.45) is 1.16. The second kappa shape index (κ2) is 4.21. The standard InChI is InChI=1S/C14H22S/c1-6-13(2,3)11-7-9-12(10-8-11)14(4,5)15/h7-10,15H,6H2,1-5H3. The van der Waals surface area contributed by atoms with Gasteiger partial charge in [0, 0.05) is 4.75 Å². The molecule has 0 saturated carbocycles. The molecule has 1 heteroatoms. The molecule has 0 aromatic heterocycles. The first-order valence-electron chi connectivity index (χ1n) is 5.61. The minimum absolute atomic E-state index is 0.0467. The molecule has 0 aliphatic carbocycles. The zero-order valence-corrected chi connectivity index (χ0v) is 11.4. The third kappa shape index (κ3) is 3.01. The van der Waals surface area contributed by atoms with E-state index in [4.69, 9.17) is 0 Å². The van der Waals surface area contributed by atoms with Gasteiger partial charge in [-0.05, 0) is 36.8 Å². The Morgan fingerprint density at radius 1 is 0.933 bits per heavy atom. The van der Waals surface area contributed by atoms with Crippen LogP contribution >= 0.6 is 12.6 Å². The van der Waals surface area contributed by atoms with Crippen LogP contribution in [0, 0.1) is 0 Å². The molecule has 1 aromatic rings. The van der Waals surface area contributed by atoms with Crippen molar-refractivity contribution in [2.24, 2.45) is 0 Å². The van der Waals surface area contributed by atoms with Crippen molar-refractivity contribution >= 4 is 12.6 Å². The third-order valence-electron chi connectivity index (χ3n) is 3.26. The maximum absolute atomic E-state index is 4.57. The van der Waals surface area contributed by atoms with Crippen molar-refractivity contribution in [2.45, 2.75) is 51.2 Å². The van der Waals surface area contributed by atoms with Crippen LogP contribution in [0.15, 0.2) is 24.3 Å². The van der Waals surface area contributed by atoms with Gasteiger partial charge in [-0.1, -0.05) is 45.0 Å². The van der Waals surface area contributed by atoms with Crippen molar-refractivity contribution in [1.29, 1.82) is 0 Å². The Balaban J connectivity index is 3.01. The number of thiol groups is 1. The van der Waals surface area contributed by atoms with Crippen LogP contribution in [-0.4, -0.2) is 0 Å². The minimum Gasteiger partial charge on any atom is -0.168 e. The molecule has 0 aliphatic heterocycles. The third-order valence-corrected chi connectivity index (χ3v) is 3.51. The van der Waals surface area contributed by atoms with Gasteiger partial charge in [0.25, 0.3) is 0 Å². The highest BCUT2D eigenvalue weighted by atomic mass is 32.1. The van der Waals surface area contributed by atoms with Gasteiger partial charge in [0.05, 0.1) is 0 Å². The highest BCUT2D eigenvalue weighted by Gasteiger charge is 2.19. The molecular weight excluding hydrogens is 200 g/mol. The summed E-state index contributed by atoms with van der Waals surface area (Å²) in [5, 5.41) is 0. The second-order valence-electron chi connectivity index (χ2n) is 5.37. The maximum atomic E-state index is 4.57. The molecule has 1 aromatic carbocycles. The van der Waals surface area contributed by atoms with Crippen LogP contribution in [0.25, 0.3) is 0 Å². The van der Waals surface area contributed by atoms with E-state index in [2.05, 4.69) is 71.5 Å². The van der Waals surface area contributed by atoms with E-state index in [9.17, 15) is 0 Å². The largest absolute Gasteiger partial charge is 0.168 e. The molecule has 84 valence electrons. The van der Waals surface area contributed by atoms with Gasteiger partial charge in [-0.2, -0.15) is 12.6 Å². The minimum atomic E-state index is -0.0467. The molecule has 0 N–H and O–H groups in total. The van der Waals surface area contributed by atoms with Gasteiger partial charge in [0.1, 0.15) is 0 Å². The van der Waals surface area contributed by atoms with Crippen LogP contribution in [0.1, 0.15) is 52.2 Å². The molecule has 0 unspecified atom stereocenters.